The summed E-state index contributed by atoms with van der Waals surface area (Å²) >= 11 is 0. The molecule has 88 valence electrons. The Labute approximate surface area is 100 Å². The normalized spacial score (nSPS) is 10.0. The van der Waals surface area contributed by atoms with Crippen LogP contribution in [0.15, 0.2) is 48.5 Å². The molecule has 0 spiro atoms. The first-order valence-electron chi connectivity index (χ1n) is 5.41. The summed E-state index contributed by atoms with van der Waals surface area (Å²) in [5, 5.41) is 3.16. The van der Waals surface area contributed by atoms with E-state index in [4.69, 9.17) is 4.74 Å². The molecule has 0 radical (unpaired) electrons. The SMILES string of the molecule is COc1ccccc1CNc1cccc(F)c1. The third-order valence-electron chi connectivity index (χ3n) is 2.50. The van der Waals surface area contributed by atoms with Gasteiger partial charge < -0.3 is 10.1 Å². The van der Waals surface area contributed by atoms with Crippen molar-refractivity contribution >= 4 is 5.69 Å². The number of halogens is 1. The van der Waals surface area contributed by atoms with Crippen LogP contribution in [0.5, 0.6) is 5.75 Å². The van der Waals surface area contributed by atoms with E-state index in [1.807, 2.05) is 30.3 Å². The van der Waals surface area contributed by atoms with Crippen LogP contribution >= 0.6 is 0 Å². The van der Waals surface area contributed by atoms with Crippen LogP contribution in [0.25, 0.3) is 0 Å². The molecule has 0 amide bonds. The van der Waals surface area contributed by atoms with Crippen molar-refractivity contribution in [2.75, 3.05) is 12.4 Å². The van der Waals surface area contributed by atoms with Gasteiger partial charge in [-0.2, -0.15) is 0 Å². The third kappa shape index (κ3) is 2.97. The lowest BCUT2D eigenvalue weighted by atomic mass is 10.2. The van der Waals surface area contributed by atoms with Crippen LogP contribution in [0.1, 0.15) is 5.56 Å². The van der Waals surface area contributed by atoms with Gasteiger partial charge >= 0.3 is 0 Å². The highest BCUT2D eigenvalue weighted by Gasteiger charge is 2.01. The minimum atomic E-state index is -0.241. The number of rotatable bonds is 4. The van der Waals surface area contributed by atoms with E-state index in [9.17, 15) is 4.39 Å². The maximum atomic E-state index is 13.0. The van der Waals surface area contributed by atoms with Gasteiger partial charge in [-0.3, -0.25) is 0 Å². The predicted octanol–water partition coefficient (Wildman–Crippen LogP) is 3.45. The zero-order chi connectivity index (χ0) is 12.1. The second-order valence-electron chi connectivity index (χ2n) is 3.68. The lowest BCUT2D eigenvalue weighted by Gasteiger charge is -2.10. The molecule has 3 heteroatoms. The van der Waals surface area contributed by atoms with Crippen LogP contribution < -0.4 is 10.1 Å². The second kappa shape index (κ2) is 5.34. The quantitative estimate of drug-likeness (QED) is 0.870. The Morgan fingerprint density at radius 2 is 1.94 bits per heavy atom. The van der Waals surface area contributed by atoms with Crippen LogP contribution in [0.2, 0.25) is 0 Å². The van der Waals surface area contributed by atoms with Gasteiger partial charge in [0.1, 0.15) is 11.6 Å². The minimum absolute atomic E-state index is 0.241. The number of benzene rings is 2. The molecule has 0 unspecified atom stereocenters. The van der Waals surface area contributed by atoms with E-state index >= 15 is 0 Å². The molecule has 0 heterocycles. The molecule has 0 bridgehead atoms. The van der Waals surface area contributed by atoms with Crippen molar-refractivity contribution in [2.24, 2.45) is 0 Å². The van der Waals surface area contributed by atoms with Crippen LogP contribution in [-0.2, 0) is 6.54 Å². The summed E-state index contributed by atoms with van der Waals surface area (Å²) in [5.41, 5.74) is 1.80. The first kappa shape index (κ1) is 11.5. The Hall–Kier alpha value is -2.03. The molecule has 0 aliphatic heterocycles. The summed E-state index contributed by atoms with van der Waals surface area (Å²) in [6.07, 6.45) is 0. The zero-order valence-electron chi connectivity index (χ0n) is 9.61. The Bertz CT molecular complexity index is 499. The molecule has 2 nitrogen and oxygen atoms in total. The first-order valence-corrected chi connectivity index (χ1v) is 5.41. The summed E-state index contributed by atoms with van der Waals surface area (Å²) in [4.78, 5) is 0. The fourth-order valence-corrected chi connectivity index (χ4v) is 1.64. The molecular weight excluding hydrogens is 217 g/mol. The molecule has 2 rings (SSSR count). The summed E-state index contributed by atoms with van der Waals surface area (Å²) in [5.74, 6) is 0.589. The molecule has 0 atom stereocenters. The topological polar surface area (TPSA) is 21.3 Å². The van der Waals surface area contributed by atoms with E-state index in [1.54, 1.807) is 13.2 Å². The largest absolute Gasteiger partial charge is 0.496 e. The standard InChI is InChI=1S/C14H14FNO/c1-17-14-8-3-2-5-11(14)10-16-13-7-4-6-12(15)9-13/h2-9,16H,10H2,1H3. The molecule has 2 aromatic carbocycles. The maximum absolute atomic E-state index is 13.0. The Balaban J connectivity index is 2.07. The lowest BCUT2D eigenvalue weighted by Crippen LogP contribution is -2.01. The number of anilines is 1. The van der Waals surface area contributed by atoms with Gasteiger partial charge in [-0.25, -0.2) is 4.39 Å². The molecule has 1 N–H and O–H groups in total. The van der Waals surface area contributed by atoms with Crippen molar-refractivity contribution in [1.29, 1.82) is 0 Å². The molecule has 17 heavy (non-hydrogen) atoms. The number of hydrogen-bond acceptors (Lipinski definition) is 2. The van der Waals surface area contributed by atoms with Crippen LogP contribution in [0.3, 0.4) is 0 Å². The van der Waals surface area contributed by atoms with Crippen LogP contribution in [0.4, 0.5) is 10.1 Å². The zero-order valence-corrected chi connectivity index (χ0v) is 9.61. The number of hydrogen-bond donors (Lipinski definition) is 1. The third-order valence-corrected chi connectivity index (χ3v) is 2.50. The summed E-state index contributed by atoms with van der Waals surface area (Å²) in [6.45, 7) is 0.605. The van der Waals surface area contributed by atoms with E-state index in [-0.39, 0.29) is 5.82 Å². The minimum Gasteiger partial charge on any atom is -0.496 e. The predicted molar refractivity (Wildman–Crippen MR) is 66.7 cm³/mol. The number of para-hydroxylation sites is 1. The molecule has 0 fully saturated rings. The summed E-state index contributed by atoms with van der Waals surface area (Å²) in [7, 11) is 1.64. The fourth-order valence-electron chi connectivity index (χ4n) is 1.64. The van der Waals surface area contributed by atoms with Crippen molar-refractivity contribution < 1.29 is 9.13 Å². The van der Waals surface area contributed by atoms with Gasteiger partial charge in [0.25, 0.3) is 0 Å². The smallest absolute Gasteiger partial charge is 0.125 e. The van der Waals surface area contributed by atoms with Gasteiger partial charge in [-0.05, 0) is 24.3 Å². The van der Waals surface area contributed by atoms with Gasteiger partial charge in [0.2, 0.25) is 0 Å². The molecule has 0 aliphatic rings. The highest BCUT2D eigenvalue weighted by Crippen LogP contribution is 2.19. The van der Waals surface area contributed by atoms with E-state index < -0.39 is 0 Å². The highest BCUT2D eigenvalue weighted by molar-refractivity contribution is 5.45. The highest BCUT2D eigenvalue weighted by atomic mass is 19.1. The van der Waals surface area contributed by atoms with Crippen molar-refractivity contribution in [2.45, 2.75) is 6.54 Å². The summed E-state index contributed by atoms with van der Waals surface area (Å²) in [6, 6.07) is 14.2. The van der Waals surface area contributed by atoms with E-state index in [2.05, 4.69) is 5.32 Å². The Morgan fingerprint density at radius 3 is 2.71 bits per heavy atom. The number of nitrogens with one attached hydrogen (secondary N) is 1. The van der Waals surface area contributed by atoms with E-state index in [0.29, 0.717) is 6.54 Å². The van der Waals surface area contributed by atoms with Crippen LogP contribution in [-0.4, -0.2) is 7.11 Å². The summed E-state index contributed by atoms with van der Waals surface area (Å²) < 4.78 is 18.2. The molecular formula is C14H14FNO. The average molecular weight is 231 g/mol. The lowest BCUT2D eigenvalue weighted by molar-refractivity contribution is 0.410. The van der Waals surface area contributed by atoms with Crippen LogP contribution in [0, 0.1) is 5.82 Å². The fraction of sp³-hybridized carbons (Fsp3) is 0.143. The van der Waals surface area contributed by atoms with Crippen molar-refractivity contribution in [3.05, 3.63) is 59.9 Å². The van der Waals surface area contributed by atoms with Crippen molar-refractivity contribution in [3.8, 4) is 5.75 Å². The molecule has 0 saturated heterocycles. The monoisotopic (exact) mass is 231 g/mol. The maximum Gasteiger partial charge on any atom is 0.125 e. The number of methoxy groups -OCH3 is 1. The van der Waals surface area contributed by atoms with Gasteiger partial charge in [0.15, 0.2) is 0 Å². The van der Waals surface area contributed by atoms with E-state index in [0.717, 1.165) is 17.0 Å². The van der Waals surface area contributed by atoms with Crippen molar-refractivity contribution in [1.82, 2.24) is 0 Å². The second-order valence-corrected chi connectivity index (χ2v) is 3.68. The molecule has 2 aromatic rings. The number of ether oxygens (including phenoxy) is 1. The van der Waals surface area contributed by atoms with Crippen molar-refractivity contribution in [3.63, 3.8) is 0 Å². The Morgan fingerprint density at radius 1 is 1.12 bits per heavy atom. The van der Waals surface area contributed by atoms with Gasteiger partial charge in [-0.15, -0.1) is 0 Å². The first-order chi connectivity index (χ1) is 8.29. The van der Waals surface area contributed by atoms with E-state index in [1.165, 1.54) is 12.1 Å². The molecule has 0 aliphatic carbocycles. The molecule has 0 aromatic heterocycles. The Kier molecular flexibility index (Phi) is 3.60. The van der Waals surface area contributed by atoms with Gasteiger partial charge in [0.05, 0.1) is 7.11 Å². The van der Waals surface area contributed by atoms with Gasteiger partial charge in [0, 0.05) is 17.8 Å². The average Bonchev–Trinajstić information content (AvgIpc) is 2.37. The molecule has 0 saturated carbocycles. The van der Waals surface area contributed by atoms with Gasteiger partial charge in [-0.1, -0.05) is 24.3 Å².